The third-order valence-corrected chi connectivity index (χ3v) is 3.77. The van der Waals surface area contributed by atoms with Crippen molar-refractivity contribution in [1.82, 2.24) is 0 Å². The van der Waals surface area contributed by atoms with Crippen molar-refractivity contribution in [2.24, 2.45) is 5.92 Å². The molecule has 134 valence electrons. The molecule has 0 bridgehead atoms. The second-order valence-corrected chi connectivity index (χ2v) is 6.16. The smallest absolute Gasteiger partial charge is 0.248 e. The van der Waals surface area contributed by atoms with Gasteiger partial charge in [0.1, 0.15) is 0 Å². The molecule has 2 amide bonds. The Bertz CT molecular complexity index is 841. The lowest BCUT2D eigenvalue weighted by Gasteiger charge is -2.08. The molecule has 2 aromatic carbocycles. The second-order valence-electron chi connectivity index (χ2n) is 6.16. The fraction of sp³-hybridized carbons (Fsp3) is 0.200. The predicted octanol–water partition coefficient (Wildman–Crippen LogP) is 3.66. The van der Waals surface area contributed by atoms with Crippen LogP contribution in [0.15, 0.2) is 48.5 Å². The highest BCUT2D eigenvalue weighted by Gasteiger charge is 2.12. The molecule has 0 spiro atoms. The number of carbonyl (C=O) groups excluding carboxylic acids is 2. The molecule has 26 heavy (non-hydrogen) atoms. The molecule has 0 atom stereocenters. The van der Waals surface area contributed by atoms with Gasteiger partial charge in [-0.15, -0.1) is 0 Å². The minimum absolute atomic E-state index is 0.0477. The minimum Gasteiger partial charge on any atom is -0.454 e. The largest absolute Gasteiger partial charge is 0.454 e. The maximum Gasteiger partial charge on any atom is 0.248 e. The van der Waals surface area contributed by atoms with Gasteiger partial charge in [-0.1, -0.05) is 19.9 Å². The summed E-state index contributed by atoms with van der Waals surface area (Å²) >= 11 is 0. The van der Waals surface area contributed by atoms with E-state index in [1.807, 2.05) is 32.0 Å². The number of fused-ring (bicyclic) bond motifs is 1. The Balaban J connectivity index is 1.57. The van der Waals surface area contributed by atoms with Gasteiger partial charge in [-0.3, -0.25) is 9.59 Å². The van der Waals surface area contributed by atoms with Crippen molar-refractivity contribution in [2.45, 2.75) is 13.8 Å². The topological polar surface area (TPSA) is 76.7 Å². The number of hydrogen-bond donors (Lipinski definition) is 2. The van der Waals surface area contributed by atoms with E-state index in [1.165, 1.54) is 6.08 Å². The first kappa shape index (κ1) is 17.5. The van der Waals surface area contributed by atoms with Crippen LogP contribution >= 0.6 is 0 Å². The number of hydrogen-bond acceptors (Lipinski definition) is 4. The second kappa shape index (κ2) is 7.74. The van der Waals surface area contributed by atoms with E-state index in [-0.39, 0.29) is 24.5 Å². The number of nitrogens with one attached hydrogen (secondary N) is 2. The van der Waals surface area contributed by atoms with Gasteiger partial charge in [0.2, 0.25) is 18.6 Å². The van der Waals surface area contributed by atoms with Crippen molar-refractivity contribution < 1.29 is 19.1 Å². The molecule has 0 unspecified atom stereocenters. The summed E-state index contributed by atoms with van der Waals surface area (Å²) < 4.78 is 10.6. The van der Waals surface area contributed by atoms with Gasteiger partial charge < -0.3 is 20.1 Å². The highest BCUT2D eigenvalue weighted by molar-refractivity contribution is 6.02. The van der Waals surface area contributed by atoms with E-state index in [4.69, 9.17) is 9.47 Å². The molecule has 0 saturated heterocycles. The Labute approximate surface area is 151 Å². The molecule has 1 aliphatic heterocycles. The molecule has 0 aliphatic carbocycles. The molecule has 1 aliphatic rings. The SMILES string of the molecule is CC(C)C(=O)Nc1ccc(NC(=O)/C=C/c2ccc3c(c2)OCO3)cc1. The zero-order valence-electron chi connectivity index (χ0n) is 14.6. The van der Waals surface area contributed by atoms with Gasteiger partial charge in [0.25, 0.3) is 0 Å². The summed E-state index contributed by atoms with van der Waals surface area (Å²) in [4.78, 5) is 23.7. The van der Waals surface area contributed by atoms with E-state index in [1.54, 1.807) is 30.3 Å². The third-order valence-electron chi connectivity index (χ3n) is 3.77. The maximum absolute atomic E-state index is 12.0. The molecule has 2 N–H and O–H groups in total. The van der Waals surface area contributed by atoms with Crippen LogP contribution < -0.4 is 20.1 Å². The summed E-state index contributed by atoms with van der Waals surface area (Å²) in [6.45, 7) is 3.88. The zero-order chi connectivity index (χ0) is 18.5. The normalized spacial score (nSPS) is 12.4. The number of rotatable bonds is 5. The summed E-state index contributed by atoms with van der Waals surface area (Å²) in [5, 5.41) is 5.57. The molecule has 0 fully saturated rings. The molecule has 1 heterocycles. The minimum atomic E-state index is -0.248. The lowest BCUT2D eigenvalue weighted by molar-refractivity contribution is -0.119. The Morgan fingerprint density at radius 1 is 0.962 bits per heavy atom. The van der Waals surface area contributed by atoms with Crippen molar-refractivity contribution in [2.75, 3.05) is 17.4 Å². The van der Waals surface area contributed by atoms with Gasteiger partial charge in [-0.05, 0) is 48.0 Å². The van der Waals surface area contributed by atoms with Crippen LogP contribution in [-0.4, -0.2) is 18.6 Å². The monoisotopic (exact) mass is 352 g/mol. The summed E-state index contributed by atoms with van der Waals surface area (Å²) in [5.41, 5.74) is 2.18. The average molecular weight is 352 g/mol. The van der Waals surface area contributed by atoms with Crippen LogP contribution in [0.3, 0.4) is 0 Å². The van der Waals surface area contributed by atoms with Crippen molar-refractivity contribution in [3.05, 3.63) is 54.1 Å². The van der Waals surface area contributed by atoms with Crippen LogP contribution in [-0.2, 0) is 9.59 Å². The molecular formula is C20H20N2O4. The first-order valence-corrected chi connectivity index (χ1v) is 8.31. The summed E-state index contributed by atoms with van der Waals surface area (Å²) in [6.07, 6.45) is 3.15. The summed E-state index contributed by atoms with van der Waals surface area (Å²) in [6, 6.07) is 12.4. The first-order chi connectivity index (χ1) is 12.5. The van der Waals surface area contributed by atoms with Gasteiger partial charge in [0, 0.05) is 23.4 Å². The van der Waals surface area contributed by atoms with Gasteiger partial charge in [0.15, 0.2) is 11.5 Å². The van der Waals surface area contributed by atoms with Crippen molar-refractivity contribution in [1.29, 1.82) is 0 Å². The lowest BCUT2D eigenvalue weighted by Crippen LogP contribution is -2.17. The predicted molar refractivity (Wildman–Crippen MR) is 100 cm³/mol. The number of anilines is 2. The zero-order valence-corrected chi connectivity index (χ0v) is 14.6. The maximum atomic E-state index is 12.0. The highest BCUT2D eigenvalue weighted by Crippen LogP contribution is 2.32. The first-order valence-electron chi connectivity index (χ1n) is 8.31. The fourth-order valence-electron chi connectivity index (χ4n) is 2.30. The van der Waals surface area contributed by atoms with E-state index in [9.17, 15) is 9.59 Å². The molecule has 3 rings (SSSR count). The number of carbonyl (C=O) groups is 2. The molecule has 2 aromatic rings. The van der Waals surface area contributed by atoms with E-state index in [0.717, 1.165) is 5.56 Å². The standard InChI is InChI=1S/C20H20N2O4/c1-13(2)20(24)22-16-7-5-15(6-8-16)21-19(23)10-4-14-3-9-17-18(11-14)26-12-25-17/h3-11,13H,12H2,1-2H3,(H,21,23)(H,22,24)/b10-4+. The highest BCUT2D eigenvalue weighted by atomic mass is 16.7. The van der Waals surface area contributed by atoms with Crippen LogP contribution in [0.1, 0.15) is 19.4 Å². The van der Waals surface area contributed by atoms with Gasteiger partial charge >= 0.3 is 0 Å². The van der Waals surface area contributed by atoms with E-state index in [0.29, 0.717) is 22.9 Å². The Hall–Kier alpha value is -3.28. The molecule has 0 saturated carbocycles. The van der Waals surface area contributed by atoms with Gasteiger partial charge in [-0.2, -0.15) is 0 Å². The van der Waals surface area contributed by atoms with Crippen LogP contribution in [0.2, 0.25) is 0 Å². The van der Waals surface area contributed by atoms with Crippen molar-refractivity contribution in [3.8, 4) is 11.5 Å². The van der Waals surface area contributed by atoms with E-state index < -0.39 is 0 Å². The van der Waals surface area contributed by atoms with Crippen LogP contribution in [0, 0.1) is 5.92 Å². The van der Waals surface area contributed by atoms with Crippen LogP contribution in [0.25, 0.3) is 6.08 Å². The van der Waals surface area contributed by atoms with Crippen molar-refractivity contribution in [3.63, 3.8) is 0 Å². The third kappa shape index (κ3) is 4.42. The molecule has 0 aromatic heterocycles. The molecule has 6 heteroatoms. The van der Waals surface area contributed by atoms with Gasteiger partial charge in [-0.25, -0.2) is 0 Å². The summed E-state index contributed by atoms with van der Waals surface area (Å²) in [7, 11) is 0. The Morgan fingerprint density at radius 2 is 1.62 bits per heavy atom. The Kier molecular flexibility index (Phi) is 5.22. The average Bonchev–Trinajstić information content (AvgIpc) is 3.09. The number of ether oxygens (including phenoxy) is 2. The number of benzene rings is 2. The fourth-order valence-corrected chi connectivity index (χ4v) is 2.30. The lowest BCUT2D eigenvalue weighted by atomic mass is 10.2. The van der Waals surface area contributed by atoms with E-state index in [2.05, 4.69) is 10.6 Å². The van der Waals surface area contributed by atoms with E-state index >= 15 is 0 Å². The summed E-state index contributed by atoms with van der Waals surface area (Å²) in [5.74, 6) is 0.994. The van der Waals surface area contributed by atoms with Crippen LogP contribution in [0.5, 0.6) is 11.5 Å². The number of amides is 2. The van der Waals surface area contributed by atoms with Crippen LogP contribution in [0.4, 0.5) is 11.4 Å². The molecule has 0 radical (unpaired) electrons. The Morgan fingerprint density at radius 3 is 2.31 bits per heavy atom. The quantitative estimate of drug-likeness (QED) is 0.805. The molecular weight excluding hydrogens is 332 g/mol. The van der Waals surface area contributed by atoms with Crippen molar-refractivity contribution >= 4 is 29.3 Å². The molecule has 6 nitrogen and oxygen atoms in total. The van der Waals surface area contributed by atoms with Gasteiger partial charge in [0.05, 0.1) is 0 Å².